The van der Waals surface area contributed by atoms with E-state index in [9.17, 15) is 16.8 Å². The molecule has 1 heterocycles. The maximum Gasteiger partial charge on any atom is 0.242 e. The molecule has 0 unspecified atom stereocenters. The fourth-order valence-electron chi connectivity index (χ4n) is 2.16. The van der Waals surface area contributed by atoms with E-state index in [-0.39, 0.29) is 27.8 Å². The topological polar surface area (TPSA) is 80.3 Å². The van der Waals surface area contributed by atoms with Crippen LogP contribution >= 0.6 is 27.5 Å². The zero-order valence-electron chi connectivity index (χ0n) is 10.6. The molecule has 0 saturated carbocycles. The van der Waals surface area contributed by atoms with Crippen molar-refractivity contribution in [1.82, 2.24) is 4.72 Å². The second-order valence-electron chi connectivity index (χ2n) is 5.08. The summed E-state index contributed by atoms with van der Waals surface area (Å²) < 4.78 is 50.8. The van der Waals surface area contributed by atoms with Gasteiger partial charge in [0.25, 0.3) is 0 Å². The van der Waals surface area contributed by atoms with Crippen molar-refractivity contribution in [2.24, 2.45) is 0 Å². The summed E-state index contributed by atoms with van der Waals surface area (Å²) in [5, 5.41) is 0.0799. The van der Waals surface area contributed by atoms with Gasteiger partial charge in [-0.3, -0.25) is 0 Å². The second-order valence-corrected chi connectivity index (χ2v) is 10.2. The van der Waals surface area contributed by atoms with Crippen molar-refractivity contribution in [1.29, 1.82) is 0 Å². The molecule has 1 atom stereocenters. The molecule has 9 heteroatoms. The average Bonchev–Trinajstić information content (AvgIpc) is 2.50. The van der Waals surface area contributed by atoms with Gasteiger partial charge in [-0.05, 0) is 31.5 Å². The van der Waals surface area contributed by atoms with E-state index >= 15 is 0 Å². The summed E-state index contributed by atoms with van der Waals surface area (Å²) >= 11 is 9.13. The van der Waals surface area contributed by atoms with Gasteiger partial charge >= 0.3 is 0 Å². The van der Waals surface area contributed by atoms with Crippen LogP contribution in [0.1, 0.15) is 13.3 Å². The summed E-state index contributed by atoms with van der Waals surface area (Å²) in [6, 6.07) is 4.42. The number of hydrogen-bond acceptors (Lipinski definition) is 4. The summed E-state index contributed by atoms with van der Waals surface area (Å²) in [4.78, 5) is -0.0621. The number of sulfone groups is 1. The Morgan fingerprint density at radius 2 is 2.05 bits per heavy atom. The van der Waals surface area contributed by atoms with E-state index in [1.165, 1.54) is 12.1 Å². The minimum atomic E-state index is -3.87. The van der Waals surface area contributed by atoms with Gasteiger partial charge in [-0.15, -0.1) is 0 Å². The first-order valence-corrected chi connectivity index (χ1v) is 10.2. The molecule has 1 aliphatic heterocycles. The van der Waals surface area contributed by atoms with Crippen LogP contribution in [0.15, 0.2) is 27.6 Å². The Bertz CT molecular complexity index is 748. The number of hydrogen-bond donors (Lipinski definition) is 1. The minimum Gasteiger partial charge on any atom is -0.229 e. The number of halogens is 2. The van der Waals surface area contributed by atoms with Crippen molar-refractivity contribution in [2.45, 2.75) is 23.8 Å². The number of rotatable bonds is 3. The van der Waals surface area contributed by atoms with Crippen LogP contribution in [0, 0.1) is 0 Å². The summed E-state index contributed by atoms with van der Waals surface area (Å²) in [5.74, 6) is -0.215. The normalized spacial score (nSPS) is 25.8. The SMILES string of the molecule is C[C@]1(NS(=O)(=O)c2ccc(Br)cc2Cl)CCS(=O)(=O)C1. The van der Waals surface area contributed by atoms with Crippen LogP contribution in [-0.4, -0.2) is 33.9 Å². The Labute approximate surface area is 131 Å². The maximum atomic E-state index is 12.3. The summed E-state index contributed by atoms with van der Waals surface area (Å²) in [7, 11) is -7.06. The zero-order valence-corrected chi connectivity index (χ0v) is 14.5. The molecule has 5 nitrogen and oxygen atoms in total. The average molecular weight is 403 g/mol. The Hall–Kier alpha value is -0.150. The fourth-order valence-corrected chi connectivity index (χ4v) is 6.82. The van der Waals surface area contributed by atoms with Crippen molar-refractivity contribution in [3.63, 3.8) is 0 Å². The highest BCUT2D eigenvalue weighted by Gasteiger charge is 2.41. The maximum absolute atomic E-state index is 12.3. The Morgan fingerprint density at radius 3 is 2.55 bits per heavy atom. The van der Waals surface area contributed by atoms with Crippen molar-refractivity contribution in [3.05, 3.63) is 27.7 Å². The van der Waals surface area contributed by atoms with Gasteiger partial charge in [-0.2, -0.15) is 0 Å². The Morgan fingerprint density at radius 1 is 1.40 bits per heavy atom. The molecule has 0 amide bonds. The number of benzene rings is 1. The van der Waals surface area contributed by atoms with Crippen molar-refractivity contribution in [2.75, 3.05) is 11.5 Å². The molecule has 20 heavy (non-hydrogen) atoms. The van der Waals surface area contributed by atoms with Gasteiger partial charge in [0.15, 0.2) is 9.84 Å². The largest absolute Gasteiger partial charge is 0.242 e. The van der Waals surface area contributed by atoms with Crippen LogP contribution in [0.25, 0.3) is 0 Å². The van der Waals surface area contributed by atoms with Gasteiger partial charge in [0.2, 0.25) is 10.0 Å². The highest BCUT2D eigenvalue weighted by atomic mass is 79.9. The van der Waals surface area contributed by atoms with E-state index in [0.717, 1.165) is 0 Å². The smallest absolute Gasteiger partial charge is 0.229 e. The van der Waals surface area contributed by atoms with Crippen molar-refractivity contribution in [3.8, 4) is 0 Å². The van der Waals surface area contributed by atoms with Crippen LogP contribution in [0.4, 0.5) is 0 Å². The predicted octanol–water partition coefficient (Wildman–Crippen LogP) is 1.96. The highest BCUT2D eigenvalue weighted by molar-refractivity contribution is 9.10. The molecule has 1 aromatic carbocycles. The standard InChI is InChI=1S/C11H13BrClNO4S2/c1-11(4-5-19(15,16)7-11)14-20(17,18)10-3-2-8(12)6-9(10)13/h2-3,6,14H,4-5,7H2,1H3/t11-/m0/s1. The first-order chi connectivity index (χ1) is 9.03. The minimum absolute atomic E-state index is 0.0138. The third-order valence-electron chi connectivity index (χ3n) is 3.07. The van der Waals surface area contributed by atoms with Gasteiger partial charge in [0.05, 0.1) is 16.5 Å². The lowest BCUT2D eigenvalue weighted by Crippen LogP contribution is -2.46. The molecule has 1 saturated heterocycles. The molecule has 0 aromatic heterocycles. The monoisotopic (exact) mass is 401 g/mol. The molecule has 1 aromatic rings. The summed E-state index contributed by atoms with van der Waals surface area (Å²) in [6.45, 7) is 1.59. The molecule has 0 aliphatic carbocycles. The third kappa shape index (κ3) is 3.54. The molecule has 1 fully saturated rings. The second kappa shape index (κ2) is 5.24. The number of sulfonamides is 1. The van der Waals surface area contributed by atoms with Gasteiger partial charge in [0, 0.05) is 10.0 Å². The van der Waals surface area contributed by atoms with Gasteiger partial charge in [-0.25, -0.2) is 21.6 Å². The van der Waals surface area contributed by atoms with Crippen LogP contribution in [0.5, 0.6) is 0 Å². The first-order valence-electron chi connectivity index (χ1n) is 5.73. The number of nitrogens with one attached hydrogen (secondary N) is 1. The van der Waals surface area contributed by atoms with Crippen LogP contribution < -0.4 is 4.72 Å². The molecule has 1 aliphatic rings. The van der Waals surface area contributed by atoms with Gasteiger partial charge in [0.1, 0.15) is 4.90 Å². The van der Waals surface area contributed by atoms with Gasteiger partial charge < -0.3 is 0 Å². The Balaban J connectivity index is 2.33. The van der Waals surface area contributed by atoms with E-state index in [4.69, 9.17) is 11.6 Å². The first kappa shape index (κ1) is 16.2. The lowest BCUT2D eigenvalue weighted by Gasteiger charge is -2.23. The molecule has 112 valence electrons. The third-order valence-corrected chi connectivity index (χ3v) is 7.59. The predicted molar refractivity (Wildman–Crippen MR) is 81.1 cm³/mol. The highest BCUT2D eigenvalue weighted by Crippen LogP contribution is 2.29. The lowest BCUT2D eigenvalue weighted by molar-refractivity contribution is 0.462. The van der Waals surface area contributed by atoms with Crippen LogP contribution in [-0.2, 0) is 19.9 Å². The van der Waals surface area contributed by atoms with Crippen LogP contribution in [0.2, 0.25) is 5.02 Å². The van der Waals surface area contributed by atoms with E-state index in [1.54, 1.807) is 13.0 Å². The molecule has 0 spiro atoms. The van der Waals surface area contributed by atoms with Crippen molar-refractivity contribution < 1.29 is 16.8 Å². The van der Waals surface area contributed by atoms with Crippen LogP contribution in [0.3, 0.4) is 0 Å². The fraction of sp³-hybridized carbons (Fsp3) is 0.455. The van der Waals surface area contributed by atoms with E-state index < -0.39 is 25.4 Å². The van der Waals surface area contributed by atoms with Gasteiger partial charge in [-0.1, -0.05) is 27.5 Å². The molecular weight excluding hydrogens is 390 g/mol. The lowest BCUT2D eigenvalue weighted by atomic mass is 10.0. The zero-order chi connectivity index (χ0) is 15.2. The molecule has 0 radical (unpaired) electrons. The van der Waals surface area contributed by atoms with E-state index in [2.05, 4.69) is 20.7 Å². The Kier molecular flexibility index (Phi) is 4.25. The van der Waals surface area contributed by atoms with E-state index in [1.807, 2.05) is 0 Å². The molecule has 2 rings (SSSR count). The molecular formula is C11H13BrClNO4S2. The molecule has 1 N–H and O–H groups in total. The molecule has 0 bridgehead atoms. The van der Waals surface area contributed by atoms with E-state index in [0.29, 0.717) is 4.47 Å². The summed E-state index contributed by atoms with van der Waals surface area (Å²) in [5.41, 5.74) is -0.992. The van der Waals surface area contributed by atoms with Crippen molar-refractivity contribution >= 4 is 47.4 Å². The quantitative estimate of drug-likeness (QED) is 0.838. The summed E-state index contributed by atoms with van der Waals surface area (Å²) in [6.07, 6.45) is 0.253.